The summed E-state index contributed by atoms with van der Waals surface area (Å²) in [5.41, 5.74) is -15.5. The average Bonchev–Trinajstić information content (AvgIpc) is 3.60. The molecule has 0 unspecified atom stereocenters. The zero-order chi connectivity index (χ0) is 61.8. The van der Waals surface area contributed by atoms with Crippen LogP contribution in [0.3, 0.4) is 0 Å². The Labute approximate surface area is 437 Å². The molecule has 82 heavy (non-hydrogen) atoms. The molecule has 0 amide bonds. The quantitative estimate of drug-likeness (QED) is 0.0286. The highest BCUT2D eigenvalue weighted by molar-refractivity contribution is 7.23. The van der Waals surface area contributed by atoms with Gasteiger partial charge in [-0.05, 0) is 45.8 Å². The highest BCUT2D eigenvalue weighted by Gasteiger charge is 2.52. The van der Waals surface area contributed by atoms with E-state index >= 15 is 105 Å². The Morgan fingerprint density at radius 1 is 0.195 bits per heavy atom. The van der Waals surface area contributed by atoms with E-state index in [2.05, 4.69) is 26.3 Å². The third kappa shape index (κ3) is 8.34. The summed E-state index contributed by atoms with van der Waals surface area (Å²) in [7, 11) is 0. The van der Waals surface area contributed by atoms with E-state index in [0.29, 0.717) is 0 Å². The van der Waals surface area contributed by atoms with Crippen LogP contribution in [0.1, 0.15) is 0 Å². The minimum Gasteiger partial charge on any atom is -0.311 e. The van der Waals surface area contributed by atoms with E-state index in [9.17, 15) is 17.6 Å². The minimum absolute atomic E-state index is 0.903. The number of halogens is 28. The predicted octanol–water partition coefficient (Wildman–Crippen LogP) is 14.1. The first kappa shape index (κ1) is 61.4. The van der Waals surface area contributed by atoms with Gasteiger partial charge < -0.3 is 4.48 Å². The molecule has 0 aliphatic rings. The van der Waals surface area contributed by atoms with Gasteiger partial charge in [-0.2, -0.15) is 0 Å². The largest absolute Gasteiger partial charge is 0.311 e. The lowest BCUT2D eigenvalue weighted by atomic mass is 9.11. The summed E-state index contributed by atoms with van der Waals surface area (Å²) in [5.74, 6) is -104. The molecule has 8 aromatic rings. The second-order valence-corrected chi connectivity index (χ2v) is 17.5. The van der Waals surface area contributed by atoms with Crippen LogP contribution in [0.5, 0.6) is 0 Å². The smallest absolute Gasteiger partial charge is 0.198 e. The van der Waals surface area contributed by atoms with E-state index < -0.39 is 234 Å². The molecule has 432 valence electrons. The molecule has 30 heteroatoms. The van der Waals surface area contributed by atoms with Crippen LogP contribution in [0.2, 0.25) is 0 Å². The van der Waals surface area contributed by atoms with Gasteiger partial charge >= 0.3 is 0 Å². The van der Waals surface area contributed by atoms with Gasteiger partial charge in [0.15, 0.2) is 140 Å². The second kappa shape index (κ2) is 21.6. The molecule has 1 nitrogen and oxygen atoms in total. The molecule has 0 aromatic heterocycles. The van der Waals surface area contributed by atoms with E-state index in [1.807, 2.05) is 24.3 Å². The first-order chi connectivity index (χ1) is 38.2. The second-order valence-electron chi connectivity index (χ2n) is 17.5. The van der Waals surface area contributed by atoms with E-state index in [4.69, 9.17) is 0 Å². The van der Waals surface area contributed by atoms with Crippen molar-refractivity contribution in [2.24, 2.45) is 0 Å². The highest BCUT2D eigenvalue weighted by atomic mass is 19.2. The first-order valence-electron chi connectivity index (χ1n) is 22.0. The number of hydrogen-bond acceptors (Lipinski definition) is 0. The average molecular weight is 1200 g/mol. The van der Waals surface area contributed by atoms with Crippen LogP contribution in [0.4, 0.5) is 123 Å². The van der Waals surface area contributed by atoms with Crippen molar-refractivity contribution < 1.29 is 127 Å². The van der Waals surface area contributed by atoms with E-state index in [0.717, 1.165) is 30.7 Å². The molecule has 0 aliphatic carbocycles. The molecule has 0 spiro atoms. The minimum atomic E-state index is -8.05. The Morgan fingerprint density at radius 2 is 0.317 bits per heavy atom. The number of nitrogens with zero attached hydrogens (tertiary/aromatic N) is 1. The summed E-state index contributed by atoms with van der Waals surface area (Å²) in [6.07, 6.45) is -0.284. The number of quaternary nitrogens is 1. The Balaban J connectivity index is 0.000000662. The van der Waals surface area contributed by atoms with Gasteiger partial charge in [-0.15, -0.1) is 21.9 Å². The topological polar surface area (TPSA) is 0 Å². The maximum absolute atomic E-state index is 17.3. The molecular weight excluding hydrogens is 1180 g/mol. The predicted molar refractivity (Wildman–Crippen MR) is 239 cm³/mol. The Hall–Kier alpha value is -8.18. The summed E-state index contributed by atoms with van der Waals surface area (Å²) in [6.45, 7) is 18.8. The number of benzene rings is 8. The third-order valence-electron chi connectivity index (χ3n) is 13.3. The van der Waals surface area contributed by atoms with Crippen molar-refractivity contribution in [2.75, 3.05) is 26.2 Å². The van der Waals surface area contributed by atoms with Crippen LogP contribution in [0.25, 0.3) is 43.1 Å². The summed E-state index contributed by atoms with van der Waals surface area (Å²) >= 11 is 0. The molecule has 0 aliphatic heterocycles. The maximum Gasteiger partial charge on any atom is 0.198 e. The Morgan fingerprint density at radius 3 is 0.451 bits per heavy atom. The molecule has 0 atom stereocenters. The van der Waals surface area contributed by atoms with Crippen molar-refractivity contribution in [1.82, 2.24) is 0 Å². The maximum atomic E-state index is 17.3. The Kier molecular flexibility index (Phi) is 16.2. The van der Waals surface area contributed by atoms with Crippen LogP contribution in [-0.4, -0.2) is 36.8 Å². The van der Waals surface area contributed by atoms with E-state index in [1.54, 1.807) is 0 Å². The molecule has 0 saturated carbocycles. The lowest BCUT2D eigenvalue weighted by molar-refractivity contribution is -0.906. The molecule has 0 bridgehead atoms. The molecule has 0 N–H and O–H groups in total. The number of hydrogen-bond donors (Lipinski definition) is 0. The summed E-state index contributed by atoms with van der Waals surface area (Å²) in [6, 6.07) is 0. The summed E-state index contributed by atoms with van der Waals surface area (Å²) in [5, 5.41) is -27.0. The number of rotatable bonds is 12. The van der Waals surface area contributed by atoms with Crippen molar-refractivity contribution in [2.45, 2.75) is 0 Å². The van der Waals surface area contributed by atoms with Gasteiger partial charge in [-0.3, -0.25) is 0 Å². The molecule has 0 fully saturated rings. The summed E-state index contributed by atoms with van der Waals surface area (Å²) in [4.78, 5) is 0. The van der Waals surface area contributed by atoms with Crippen LogP contribution in [-0.2, 0) is 0 Å². The van der Waals surface area contributed by atoms with Crippen molar-refractivity contribution in [1.29, 1.82) is 0 Å². The van der Waals surface area contributed by atoms with E-state index in [-0.39, 0.29) is 0 Å². The zero-order valence-corrected chi connectivity index (χ0v) is 39.6. The van der Waals surface area contributed by atoms with Gasteiger partial charge in [0.05, 0.1) is 47.7 Å². The number of fused-ring (bicyclic) bond motifs is 4. The van der Waals surface area contributed by atoms with Crippen LogP contribution in [0.15, 0.2) is 50.6 Å². The molecule has 0 saturated heterocycles. The fourth-order valence-electron chi connectivity index (χ4n) is 10.1. The molecular formula is C52H20BF28N. The normalized spacial score (nSPS) is 12.0. The van der Waals surface area contributed by atoms with Gasteiger partial charge in [0.1, 0.15) is 29.4 Å². The van der Waals surface area contributed by atoms with Crippen LogP contribution < -0.4 is 21.9 Å². The summed E-state index contributed by atoms with van der Waals surface area (Å²) < 4.78 is 447. The van der Waals surface area contributed by atoms with Crippen molar-refractivity contribution >= 4 is 71.1 Å². The lowest BCUT2D eigenvalue weighted by Crippen LogP contribution is -2.79. The molecule has 0 heterocycles. The lowest BCUT2D eigenvalue weighted by Gasteiger charge is -2.47. The van der Waals surface area contributed by atoms with Crippen molar-refractivity contribution in [3.63, 3.8) is 0 Å². The van der Waals surface area contributed by atoms with E-state index in [1.165, 1.54) is 0 Å². The van der Waals surface area contributed by atoms with Gasteiger partial charge in [0.2, 0.25) is 0 Å². The van der Waals surface area contributed by atoms with Gasteiger partial charge in [0, 0.05) is 0 Å². The molecule has 0 radical (unpaired) electrons. The molecule has 8 aromatic carbocycles. The fraction of sp³-hybridized carbons (Fsp3) is 0.0769. The van der Waals surface area contributed by atoms with Gasteiger partial charge in [0.25, 0.3) is 0 Å². The zero-order valence-electron chi connectivity index (χ0n) is 39.6. The van der Waals surface area contributed by atoms with Crippen molar-refractivity contribution in [3.8, 4) is 0 Å². The molecule has 8 rings (SSSR count). The fourth-order valence-corrected chi connectivity index (χ4v) is 10.1. The monoisotopic (exact) mass is 1200 g/mol. The van der Waals surface area contributed by atoms with Crippen LogP contribution in [0, 0.1) is 163 Å². The highest BCUT2D eigenvalue weighted by Crippen LogP contribution is 2.42. The third-order valence-corrected chi connectivity index (χ3v) is 13.3. The first-order valence-corrected chi connectivity index (χ1v) is 22.0. The van der Waals surface area contributed by atoms with Gasteiger partial charge in [-0.1, -0.05) is 26.3 Å². The van der Waals surface area contributed by atoms with Crippen molar-refractivity contribution in [3.05, 3.63) is 214 Å². The van der Waals surface area contributed by atoms with Crippen LogP contribution >= 0.6 is 0 Å². The van der Waals surface area contributed by atoms with Gasteiger partial charge in [-0.25, -0.2) is 123 Å². The standard InChI is InChI=1S/C40BF28.C12H20N/c42-13-1-5(21(50)37(66)33(13)62)17(46)29(58)25(54)9(1)41(10-2-6(18(47)30(59)26(10)55)22(51)38(67)34(63)14(2)43,11-3-7(19(48)31(60)27(11)56)23(52)39(68)35(64)15(3)44)12-4-8(20(49)32(61)28(12)57)24(53)40(69)36(65)16(4)45;1-5-9-13(10-6-2,11-7-3)12-8-4/h;5-8H,1-4,9-12H2/q-1;+1. The SMILES string of the molecule is C=CC[N+](CC=C)(CC=C)CC=C.Fc1c(F)c(F)c2c([B-](c3c(F)c(F)c(F)c4c(F)c(F)c(F)c(F)c34)(c3c(F)c(F)c(F)c4c(F)c(F)c(F)c(F)c34)c3c(F)c(F)c(F)c4c(F)c(F)c(F)c(F)c34)c(F)c(F)c(F)c2c1F. The Bertz CT molecular complexity index is 3620.